The van der Waals surface area contributed by atoms with Crippen LogP contribution in [-0.2, 0) is 0 Å². The van der Waals surface area contributed by atoms with Gasteiger partial charge in [0.15, 0.2) is 0 Å². The maximum atomic E-state index is 4.76. The average molecular weight is 176 g/mol. The van der Waals surface area contributed by atoms with Crippen LogP contribution in [0.4, 0.5) is 5.69 Å². The number of hydrogen-bond acceptors (Lipinski definition) is 4. The molecule has 0 aliphatic carbocycles. The van der Waals surface area contributed by atoms with Gasteiger partial charge in [0.25, 0.3) is 0 Å². The van der Waals surface area contributed by atoms with Crippen molar-refractivity contribution in [1.29, 1.82) is 0 Å². The molecule has 0 radical (unpaired) electrons. The highest BCUT2D eigenvalue weighted by Crippen LogP contribution is 2.04. The molecule has 0 atom stereocenters. The first-order valence-corrected chi connectivity index (χ1v) is 2.90. The lowest BCUT2D eigenvalue weighted by molar-refractivity contribution is 0.380. The molecule has 11 heavy (non-hydrogen) atoms. The van der Waals surface area contributed by atoms with Crippen molar-refractivity contribution in [2.75, 3.05) is 19.5 Å². The van der Waals surface area contributed by atoms with Crippen molar-refractivity contribution in [3.05, 3.63) is 12.4 Å². The monoisotopic (exact) mass is 175 g/mol. The molecule has 5 heteroatoms. The van der Waals surface area contributed by atoms with Crippen LogP contribution in [0.2, 0.25) is 0 Å². The molecule has 0 bridgehead atoms. The molecule has 0 aliphatic rings. The Morgan fingerprint density at radius 2 is 1.91 bits per heavy atom. The summed E-state index contributed by atoms with van der Waals surface area (Å²) in [6, 6.07) is 0.388. The molecular formula is C6H10ClN3O. The average Bonchev–Trinajstić information content (AvgIpc) is 2.05. The van der Waals surface area contributed by atoms with Gasteiger partial charge in [0.1, 0.15) is 0 Å². The molecule has 0 saturated heterocycles. The van der Waals surface area contributed by atoms with E-state index in [1.54, 1.807) is 12.4 Å². The number of methoxy groups -OCH3 is 1. The van der Waals surface area contributed by atoms with Crippen molar-refractivity contribution in [2.45, 2.75) is 0 Å². The van der Waals surface area contributed by atoms with Gasteiger partial charge >= 0.3 is 6.01 Å². The highest BCUT2D eigenvalue weighted by molar-refractivity contribution is 5.85. The van der Waals surface area contributed by atoms with E-state index in [1.165, 1.54) is 7.11 Å². The zero-order valence-corrected chi connectivity index (χ0v) is 7.18. The van der Waals surface area contributed by atoms with Crippen molar-refractivity contribution in [3.63, 3.8) is 0 Å². The van der Waals surface area contributed by atoms with Crippen LogP contribution < -0.4 is 10.1 Å². The Bertz CT molecular complexity index is 178. The first-order valence-electron chi connectivity index (χ1n) is 2.90. The molecule has 1 N–H and O–H groups in total. The van der Waals surface area contributed by atoms with Crippen molar-refractivity contribution in [2.24, 2.45) is 0 Å². The van der Waals surface area contributed by atoms with Crippen LogP contribution in [0.25, 0.3) is 0 Å². The Kier molecular flexibility index (Phi) is 4.29. The maximum absolute atomic E-state index is 4.76. The van der Waals surface area contributed by atoms with Gasteiger partial charge in [-0.05, 0) is 0 Å². The van der Waals surface area contributed by atoms with Crippen LogP contribution in [0.15, 0.2) is 12.4 Å². The lowest BCUT2D eigenvalue weighted by atomic mass is 10.5. The maximum Gasteiger partial charge on any atom is 0.316 e. The topological polar surface area (TPSA) is 47.0 Å². The molecule has 4 nitrogen and oxygen atoms in total. The second-order valence-corrected chi connectivity index (χ2v) is 1.71. The first-order chi connectivity index (χ1) is 4.86. The highest BCUT2D eigenvalue weighted by atomic mass is 35.5. The van der Waals surface area contributed by atoms with Crippen LogP contribution in [0, 0.1) is 0 Å². The zero-order chi connectivity index (χ0) is 7.40. The molecule has 0 aromatic carbocycles. The van der Waals surface area contributed by atoms with Crippen LogP contribution in [0.3, 0.4) is 0 Å². The van der Waals surface area contributed by atoms with Crippen molar-refractivity contribution < 1.29 is 4.74 Å². The van der Waals surface area contributed by atoms with E-state index in [-0.39, 0.29) is 12.4 Å². The van der Waals surface area contributed by atoms with E-state index < -0.39 is 0 Å². The molecule has 0 aliphatic heterocycles. The number of anilines is 1. The summed E-state index contributed by atoms with van der Waals surface area (Å²) in [6.45, 7) is 0. The lowest BCUT2D eigenvalue weighted by Crippen LogP contribution is -1.94. The number of nitrogens with zero attached hydrogens (tertiary/aromatic N) is 2. The predicted octanol–water partition coefficient (Wildman–Crippen LogP) is 0.949. The third kappa shape index (κ3) is 2.59. The van der Waals surface area contributed by atoms with E-state index in [1.807, 2.05) is 7.05 Å². The fourth-order valence-electron chi connectivity index (χ4n) is 0.551. The molecule has 62 valence electrons. The Hall–Kier alpha value is -1.03. The number of hydrogen-bond donors (Lipinski definition) is 1. The summed E-state index contributed by atoms with van der Waals surface area (Å²) in [7, 11) is 3.35. The summed E-state index contributed by atoms with van der Waals surface area (Å²) in [5.41, 5.74) is 0.876. The van der Waals surface area contributed by atoms with Gasteiger partial charge in [-0.1, -0.05) is 0 Å². The standard InChI is InChI=1S/C6H9N3O.ClH/c1-7-5-3-8-6(10-2)9-4-5;/h3-4,7H,1-2H3;1H. The Morgan fingerprint density at radius 3 is 2.27 bits per heavy atom. The van der Waals surface area contributed by atoms with Crippen molar-refractivity contribution >= 4 is 18.1 Å². The molecule has 1 heterocycles. The Morgan fingerprint density at radius 1 is 1.36 bits per heavy atom. The summed E-state index contributed by atoms with van der Waals surface area (Å²) < 4.78 is 4.76. The van der Waals surface area contributed by atoms with E-state index in [0.29, 0.717) is 6.01 Å². The molecule has 0 spiro atoms. The Balaban J connectivity index is 0.000001000. The first kappa shape index (κ1) is 9.97. The second-order valence-electron chi connectivity index (χ2n) is 1.71. The van der Waals surface area contributed by atoms with Crippen LogP contribution in [-0.4, -0.2) is 24.1 Å². The third-order valence-electron chi connectivity index (χ3n) is 1.10. The fraction of sp³-hybridized carbons (Fsp3) is 0.333. The molecule has 0 amide bonds. The summed E-state index contributed by atoms with van der Waals surface area (Å²) in [4.78, 5) is 7.74. The zero-order valence-electron chi connectivity index (χ0n) is 6.37. The lowest BCUT2D eigenvalue weighted by Gasteiger charge is -1.98. The van der Waals surface area contributed by atoms with Gasteiger partial charge in [0.05, 0.1) is 25.2 Å². The SMILES string of the molecule is CNc1cnc(OC)nc1.Cl. The number of ether oxygens (including phenoxy) is 1. The summed E-state index contributed by atoms with van der Waals surface area (Å²) >= 11 is 0. The van der Waals surface area contributed by atoms with Crippen molar-refractivity contribution in [1.82, 2.24) is 9.97 Å². The summed E-state index contributed by atoms with van der Waals surface area (Å²) in [5, 5.41) is 2.90. The van der Waals surface area contributed by atoms with Gasteiger partial charge in [-0.25, -0.2) is 9.97 Å². The molecule has 1 rings (SSSR count). The molecule has 1 aromatic rings. The minimum Gasteiger partial charge on any atom is -0.467 e. The second kappa shape index (κ2) is 4.73. The molecule has 0 unspecified atom stereocenters. The molecule has 1 aromatic heterocycles. The summed E-state index contributed by atoms with van der Waals surface area (Å²) in [6.07, 6.45) is 3.32. The van der Waals surface area contributed by atoms with Crippen LogP contribution in [0.1, 0.15) is 0 Å². The Labute approximate surface area is 71.4 Å². The van der Waals surface area contributed by atoms with E-state index in [0.717, 1.165) is 5.69 Å². The number of nitrogens with one attached hydrogen (secondary N) is 1. The quantitative estimate of drug-likeness (QED) is 0.727. The van der Waals surface area contributed by atoms with E-state index in [4.69, 9.17) is 4.74 Å². The van der Waals surface area contributed by atoms with Gasteiger partial charge in [0, 0.05) is 7.05 Å². The number of rotatable bonds is 2. The predicted molar refractivity (Wildman–Crippen MR) is 45.4 cm³/mol. The van der Waals surface area contributed by atoms with Gasteiger partial charge in [-0.3, -0.25) is 0 Å². The molecule has 0 saturated carbocycles. The molecular weight excluding hydrogens is 166 g/mol. The number of halogens is 1. The van der Waals surface area contributed by atoms with E-state index in [9.17, 15) is 0 Å². The molecule has 0 fully saturated rings. The fourth-order valence-corrected chi connectivity index (χ4v) is 0.551. The van der Waals surface area contributed by atoms with Crippen LogP contribution in [0.5, 0.6) is 6.01 Å². The van der Waals surface area contributed by atoms with E-state index >= 15 is 0 Å². The third-order valence-corrected chi connectivity index (χ3v) is 1.10. The van der Waals surface area contributed by atoms with Crippen LogP contribution >= 0.6 is 12.4 Å². The van der Waals surface area contributed by atoms with Gasteiger partial charge in [-0.2, -0.15) is 0 Å². The normalized spacial score (nSPS) is 8.18. The van der Waals surface area contributed by atoms with Gasteiger partial charge in [0.2, 0.25) is 0 Å². The summed E-state index contributed by atoms with van der Waals surface area (Å²) in [5.74, 6) is 0. The highest BCUT2D eigenvalue weighted by Gasteiger charge is 1.91. The number of aromatic nitrogens is 2. The smallest absolute Gasteiger partial charge is 0.316 e. The van der Waals surface area contributed by atoms with Gasteiger partial charge < -0.3 is 10.1 Å². The largest absolute Gasteiger partial charge is 0.467 e. The minimum absolute atomic E-state index is 0. The van der Waals surface area contributed by atoms with Gasteiger partial charge in [-0.15, -0.1) is 12.4 Å². The van der Waals surface area contributed by atoms with Crippen molar-refractivity contribution in [3.8, 4) is 6.01 Å². The van der Waals surface area contributed by atoms with E-state index in [2.05, 4.69) is 15.3 Å². The minimum atomic E-state index is 0.